The summed E-state index contributed by atoms with van der Waals surface area (Å²) >= 11 is 0. The third-order valence-electron chi connectivity index (χ3n) is 3.86. The van der Waals surface area contributed by atoms with Crippen LogP contribution in [0.15, 0.2) is 91.0 Å². The lowest BCUT2D eigenvalue weighted by Crippen LogP contribution is -2.01. The summed E-state index contributed by atoms with van der Waals surface area (Å²) < 4.78 is 0. The van der Waals surface area contributed by atoms with E-state index in [1.165, 1.54) is 16.2 Å². The Balaban J connectivity index is 0.000000181. The van der Waals surface area contributed by atoms with Gasteiger partial charge in [0.15, 0.2) is 0 Å². The number of rotatable bonds is 6. The smallest absolute Gasteiger partial charge is 0.132 e. The molecule has 3 aromatic rings. The Labute approximate surface area is 152 Å². The zero-order valence-electron chi connectivity index (χ0n) is 14.8. The van der Waals surface area contributed by atoms with Gasteiger partial charge in [-0.3, -0.25) is 4.79 Å². The number of Topliss-reactive ketones (excluding diaryl/α,β-unsaturated/α-hetero) is 1. The molecular weight excluding hydrogens is 323 g/mol. The van der Waals surface area contributed by atoms with E-state index < -0.39 is 0 Å². The largest absolute Gasteiger partial charge is 0.300 e. The molecule has 0 heterocycles. The zero-order chi connectivity index (χ0) is 17.7. The molecule has 0 spiro atoms. The molecule has 3 rings (SSSR count). The molecule has 0 N–H and O–H groups in total. The third-order valence-corrected chi connectivity index (χ3v) is 5.30. The first-order valence-electron chi connectivity index (χ1n) is 8.78. The Kier molecular flexibility index (Phi) is 8.66. The highest BCUT2D eigenvalue weighted by Crippen LogP contribution is 2.08. The summed E-state index contributed by atoms with van der Waals surface area (Å²) in [5.41, 5.74) is 1.25. The van der Waals surface area contributed by atoms with Crippen molar-refractivity contribution in [3.8, 4) is 0 Å². The van der Waals surface area contributed by atoms with E-state index in [-0.39, 0.29) is 8.58 Å². The topological polar surface area (TPSA) is 17.1 Å². The number of carbonyl (C=O) groups is 1. The highest BCUT2D eigenvalue weighted by atomic mass is 31.1. The van der Waals surface area contributed by atoms with Gasteiger partial charge in [0.1, 0.15) is 5.78 Å². The highest BCUT2D eigenvalue weighted by Gasteiger charge is 2.00. The van der Waals surface area contributed by atoms with Gasteiger partial charge in [0.05, 0.1) is 19.2 Å². The molecule has 0 saturated heterocycles. The lowest BCUT2D eigenvalue weighted by molar-refractivity contribution is -0.118. The summed E-state index contributed by atoms with van der Waals surface area (Å²) in [6, 6.07) is 31.4. The average Bonchev–Trinajstić information content (AvgIpc) is 2.69. The molecule has 2 heteroatoms. The van der Waals surface area contributed by atoms with E-state index in [1.807, 2.05) is 25.1 Å². The van der Waals surface area contributed by atoms with Gasteiger partial charge in [-0.1, -0.05) is 73.7 Å². The van der Waals surface area contributed by atoms with Crippen molar-refractivity contribution in [1.82, 2.24) is 0 Å². The molecule has 0 saturated carbocycles. The predicted molar refractivity (Wildman–Crippen MR) is 112 cm³/mol. The Bertz CT molecular complexity index is 686. The normalized spacial score (nSPS) is 9.80. The van der Waals surface area contributed by atoms with Crippen molar-refractivity contribution in [3.05, 3.63) is 96.6 Å². The minimum atomic E-state index is 0.271. The Morgan fingerprint density at radius 1 is 0.720 bits per heavy atom. The van der Waals surface area contributed by atoms with Gasteiger partial charge in [-0.05, 0) is 36.2 Å². The van der Waals surface area contributed by atoms with E-state index in [9.17, 15) is 4.79 Å². The molecule has 0 atom stereocenters. The fraction of sp³-hybridized carbons (Fsp3) is 0.174. The van der Waals surface area contributed by atoms with Crippen LogP contribution >= 0.6 is 8.58 Å². The van der Waals surface area contributed by atoms with Crippen LogP contribution in [0.1, 0.15) is 25.3 Å². The van der Waals surface area contributed by atoms with Gasteiger partial charge < -0.3 is 0 Å². The van der Waals surface area contributed by atoms with Gasteiger partial charge in [0.25, 0.3) is 0 Å². The van der Waals surface area contributed by atoms with Crippen LogP contribution in [0.4, 0.5) is 0 Å². The van der Waals surface area contributed by atoms with Crippen LogP contribution in [0, 0.1) is 0 Å². The summed E-state index contributed by atoms with van der Waals surface area (Å²) in [7, 11) is 0.271. The summed E-state index contributed by atoms with van der Waals surface area (Å²) in [5, 5.41) is 2.90. The van der Waals surface area contributed by atoms with Gasteiger partial charge in [-0.2, -0.15) is 0 Å². The summed E-state index contributed by atoms with van der Waals surface area (Å²) in [6.45, 7) is 1.91. The molecule has 3 aromatic carbocycles. The second-order valence-electron chi connectivity index (χ2n) is 5.84. The summed E-state index contributed by atoms with van der Waals surface area (Å²) in [5.74, 6) is 0.346. The van der Waals surface area contributed by atoms with E-state index >= 15 is 0 Å². The molecule has 128 valence electrons. The van der Waals surface area contributed by atoms with Gasteiger partial charge in [-0.25, -0.2) is 0 Å². The number of hydrogen-bond acceptors (Lipinski definition) is 1. The number of benzene rings is 3. The fourth-order valence-electron chi connectivity index (χ4n) is 2.40. The minimum absolute atomic E-state index is 0.271. The van der Waals surface area contributed by atoms with Crippen LogP contribution in [-0.2, 0) is 11.2 Å². The van der Waals surface area contributed by atoms with Gasteiger partial charge in [0, 0.05) is 12.8 Å². The first-order valence-corrected chi connectivity index (χ1v) is 9.94. The maximum absolute atomic E-state index is 11.0. The van der Waals surface area contributed by atoms with E-state index in [0.717, 1.165) is 6.42 Å². The number of aryl methyl sites for hydroxylation is 1. The van der Waals surface area contributed by atoms with E-state index in [1.54, 1.807) is 0 Å². The standard InChI is InChI=1S/C12H11P.C11H14O/c1-3-7-11(8-4-1)13-12-9-5-2-6-10-12;1-2-11(12)9-8-10-6-4-3-5-7-10/h1-10,13H;3-7H,2,8-9H2,1H3/p+1. The second-order valence-corrected chi connectivity index (χ2v) is 7.47. The van der Waals surface area contributed by atoms with E-state index in [4.69, 9.17) is 0 Å². The van der Waals surface area contributed by atoms with Crippen LogP contribution in [-0.4, -0.2) is 5.78 Å². The van der Waals surface area contributed by atoms with Crippen molar-refractivity contribution in [3.63, 3.8) is 0 Å². The number of carbonyl (C=O) groups excluding carboxylic acids is 1. The maximum atomic E-state index is 11.0. The van der Waals surface area contributed by atoms with Crippen molar-refractivity contribution in [1.29, 1.82) is 0 Å². The monoisotopic (exact) mass is 349 g/mol. The Morgan fingerprint density at radius 3 is 1.60 bits per heavy atom. The van der Waals surface area contributed by atoms with Crippen LogP contribution < -0.4 is 10.6 Å². The third kappa shape index (κ3) is 7.92. The average molecular weight is 349 g/mol. The minimum Gasteiger partial charge on any atom is -0.300 e. The summed E-state index contributed by atoms with van der Waals surface area (Å²) in [4.78, 5) is 11.0. The molecule has 0 radical (unpaired) electrons. The van der Waals surface area contributed by atoms with Gasteiger partial charge >= 0.3 is 0 Å². The number of ketones is 1. The van der Waals surface area contributed by atoms with Crippen molar-refractivity contribution in [2.45, 2.75) is 26.2 Å². The van der Waals surface area contributed by atoms with Crippen LogP contribution in [0.25, 0.3) is 0 Å². The lowest BCUT2D eigenvalue weighted by Gasteiger charge is -1.98. The highest BCUT2D eigenvalue weighted by molar-refractivity contribution is 7.55. The first-order chi connectivity index (χ1) is 12.3. The van der Waals surface area contributed by atoms with E-state index in [0.29, 0.717) is 18.6 Å². The Hall–Kier alpha value is -2.24. The quantitative estimate of drug-likeness (QED) is 0.592. The Morgan fingerprint density at radius 2 is 1.16 bits per heavy atom. The van der Waals surface area contributed by atoms with Crippen molar-refractivity contribution < 1.29 is 4.79 Å². The van der Waals surface area contributed by atoms with Crippen molar-refractivity contribution in [2.75, 3.05) is 0 Å². The zero-order valence-corrected chi connectivity index (χ0v) is 15.9. The second kappa shape index (κ2) is 11.3. The van der Waals surface area contributed by atoms with Crippen LogP contribution in [0.3, 0.4) is 0 Å². The molecule has 0 aliphatic heterocycles. The first kappa shape index (κ1) is 19.1. The van der Waals surface area contributed by atoms with E-state index in [2.05, 4.69) is 72.8 Å². The van der Waals surface area contributed by atoms with Crippen LogP contribution in [0.2, 0.25) is 0 Å². The molecule has 0 unspecified atom stereocenters. The molecule has 0 aliphatic carbocycles. The SMILES string of the molecule is CCC(=O)CCc1ccccc1.c1ccc([PH2+]c2ccccc2)cc1. The van der Waals surface area contributed by atoms with Crippen molar-refractivity contribution >= 4 is 25.0 Å². The van der Waals surface area contributed by atoms with Crippen LogP contribution in [0.5, 0.6) is 0 Å². The van der Waals surface area contributed by atoms with Crippen molar-refractivity contribution in [2.24, 2.45) is 0 Å². The maximum Gasteiger partial charge on any atom is 0.132 e. The fourth-order valence-corrected chi connectivity index (χ4v) is 3.61. The lowest BCUT2D eigenvalue weighted by atomic mass is 10.1. The molecule has 25 heavy (non-hydrogen) atoms. The molecular formula is C23H26OP+. The molecule has 1 nitrogen and oxygen atoms in total. The molecule has 0 bridgehead atoms. The molecule has 0 aliphatic rings. The van der Waals surface area contributed by atoms with Gasteiger partial charge in [-0.15, -0.1) is 0 Å². The van der Waals surface area contributed by atoms with Gasteiger partial charge in [0.2, 0.25) is 0 Å². The number of hydrogen-bond donors (Lipinski definition) is 0. The summed E-state index contributed by atoms with van der Waals surface area (Å²) in [6.07, 6.45) is 2.22. The molecule has 0 amide bonds. The predicted octanol–water partition coefficient (Wildman–Crippen LogP) is 4.65. The molecule has 0 fully saturated rings. The molecule has 0 aromatic heterocycles.